The Labute approximate surface area is 191 Å². The van der Waals surface area contributed by atoms with E-state index in [0.29, 0.717) is 24.9 Å². The number of fused-ring (bicyclic) bond motifs is 1. The van der Waals surface area contributed by atoms with Gasteiger partial charge in [0.15, 0.2) is 0 Å². The quantitative estimate of drug-likeness (QED) is 0.517. The maximum absolute atomic E-state index is 13.7. The average Bonchev–Trinajstić information content (AvgIpc) is 2.86. The summed E-state index contributed by atoms with van der Waals surface area (Å²) in [5.74, 6) is -1.50. The van der Waals surface area contributed by atoms with Crippen LogP contribution in [0, 0.1) is 17.7 Å². The molecule has 0 radical (unpaired) electrons. The molecule has 33 heavy (non-hydrogen) atoms. The predicted molar refractivity (Wildman–Crippen MR) is 124 cm³/mol. The third-order valence-corrected chi connectivity index (χ3v) is 6.20. The normalized spacial score (nSPS) is 17.8. The fraction of sp³-hybridized carbons (Fsp3) is 0.269. The van der Waals surface area contributed by atoms with E-state index in [1.807, 2.05) is 30.3 Å². The summed E-state index contributed by atoms with van der Waals surface area (Å²) < 4.78 is 13.7. The molecule has 0 heterocycles. The van der Waals surface area contributed by atoms with Crippen LogP contribution >= 0.6 is 0 Å². The first-order valence-electron chi connectivity index (χ1n) is 11.1. The van der Waals surface area contributed by atoms with Crippen LogP contribution in [0.3, 0.4) is 0 Å². The van der Waals surface area contributed by atoms with Gasteiger partial charge in [0.2, 0.25) is 5.91 Å². The average molecular weight is 448 g/mol. The van der Waals surface area contributed by atoms with Gasteiger partial charge >= 0.3 is 0 Å². The maximum Gasteiger partial charge on any atom is 0.269 e. The lowest BCUT2D eigenvalue weighted by molar-refractivity contribution is -0.127. The molecule has 1 saturated carbocycles. The van der Waals surface area contributed by atoms with Crippen molar-refractivity contribution in [3.63, 3.8) is 0 Å². The van der Waals surface area contributed by atoms with E-state index < -0.39 is 11.7 Å². The summed E-state index contributed by atoms with van der Waals surface area (Å²) in [6, 6.07) is 19.0. The Morgan fingerprint density at radius 2 is 1.48 bits per heavy atom. The van der Waals surface area contributed by atoms with Crippen molar-refractivity contribution in [2.24, 2.45) is 11.8 Å². The smallest absolute Gasteiger partial charge is 0.269 e. The second-order valence-corrected chi connectivity index (χ2v) is 8.41. The summed E-state index contributed by atoms with van der Waals surface area (Å²) in [5, 5.41) is 4.79. The highest BCUT2D eigenvalue weighted by Crippen LogP contribution is 2.28. The molecule has 0 saturated heterocycles. The summed E-state index contributed by atoms with van der Waals surface area (Å²) in [7, 11) is 0. The Balaban J connectivity index is 1.21. The molecule has 0 aliphatic heterocycles. The van der Waals surface area contributed by atoms with Crippen LogP contribution in [0.2, 0.25) is 0 Å². The minimum absolute atomic E-state index is 0.0349. The molecule has 1 aliphatic rings. The third kappa shape index (κ3) is 5.55. The molecule has 7 heteroatoms. The first-order chi connectivity index (χ1) is 16.0. The number of halogens is 1. The van der Waals surface area contributed by atoms with E-state index in [4.69, 9.17) is 0 Å². The lowest BCUT2D eigenvalue weighted by Crippen LogP contribution is -2.45. The van der Waals surface area contributed by atoms with Crippen LogP contribution in [0.4, 0.5) is 4.39 Å². The van der Waals surface area contributed by atoms with Crippen LogP contribution in [0.1, 0.15) is 46.4 Å². The second kappa shape index (κ2) is 10.3. The predicted octanol–water partition coefficient (Wildman–Crippen LogP) is 3.98. The van der Waals surface area contributed by atoms with Crippen LogP contribution in [0.25, 0.3) is 10.8 Å². The number of hydrazine groups is 1. The summed E-state index contributed by atoms with van der Waals surface area (Å²) in [6.07, 6.45) is 2.87. The Bertz CT molecular complexity index is 1170. The summed E-state index contributed by atoms with van der Waals surface area (Å²) in [6.45, 7) is 0.445. The zero-order chi connectivity index (χ0) is 23.2. The van der Waals surface area contributed by atoms with Gasteiger partial charge in [-0.25, -0.2) is 4.39 Å². The molecule has 4 rings (SSSR count). The molecule has 3 aromatic rings. The second-order valence-electron chi connectivity index (χ2n) is 8.41. The molecule has 3 N–H and O–H groups in total. The molecule has 3 aromatic carbocycles. The Morgan fingerprint density at radius 1 is 0.788 bits per heavy atom. The number of amides is 3. The molecule has 6 nitrogen and oxygen atoms in total. The van der Waals surface area contributed by atoms with Crippen LogP contribution < -0.4 is 16.2 Å². The number of hydrogen-bond acceptors (Lipinski definition) is 3. The highest BCUT2D eigenvalue weighted by Gasteiger charge is 2.27. The van der Waals surface area contributed by atoms with Crippen molar-refractivity contribution in [1.82, 2.24) is 16.2 Å². The van der Waals surface area contributed by atoms with Crippen LogP contribution in [0.5, 0.6) is 0 Å². The molecule has 1 aliphatic carbocycles. The maximum atomic E-state index is 13.7. The van der Waals surface area contributed by atoms with Gasteiger partial charge in [0.1, 0.15) is 5.82 Å². The molecule has 0 bridgehead atoms. The van der Waals surface area contributed by atoms with Crippen molar-refractivity contribution >= 4 is 28.5 Å². The van der Waals surface area contributed by atoms with Crippen molar-refractivity contribution < 1.29 is 18.8 Å². The first kappa shape index (κ1) is 22.5. The fourth-order valence-corrected chi connectivity index (χ4v) is 4.23. The van der Waals surface area contributed by atoms with Gasteiger partial charge in [-0.3, -0.25) is 25.2 Å². The fourth-order valence-electron chi connectivity index (χ4n) is 4.23. The van der Waals surface area contributed by atoms with Gasteiger partial charge in [-0.2, -0.15) is 0 Å². The zero-order valence-electron chi connectivity index (χ0n) is 18.1. The molecule has 0 aromatic heterocycles. The van der Waals surface area contributed by atoms with E-state index >= 15 is 0 Å². The van der Waals surface area contributed by atoms with E-state index in [1.54, 1.807) is 24.3 Å². The van der Waals surface area contributed by atoms with Crippen molar-refractivity contribution in [1.29, 1.82) is 0 Å². The van der Waals surface area contributed by atoms with Crippen LogP contribution in [-0.2, 0) is 4.79 Å². The summed E-state index contributed by atoms with van der Waals surface area (Å²) >= 11 is 0. The van der Waals surface area contributed by atoms with Gasteiger partial charge in [0, 0.05) is 18.0 Å². The third-order valence-electron chi connectivity index (χ3n) is 6.20. The Hall–Kier alpha value is -3.74. The summed E-state index contributed by atoms with van der Waals surface area (Å²) in [4.78, 5) is 37.1. The van der Waals surface area contributed by atoms with Crippen LogP contribution in [0.15, 0.2) is 66.7 Å². The van der Waals surface area contributed by atoms with Gasteiger partial charge in [-0.1, -0.05) is 42.5 Å². The van der Waals surface area contributed by atoms with Gasteiger partial charge in [-0.15, -0.1) is 0 Å². The number of benzene rings is 3. The topological polar surface area (TPSA) is 87.3 Å². The molecular formula is C26H26FN3O3. The molecule has 0 atom stereocenters. The SMILES string of the molecule is O=C(NNC(=O)C1CCC(CNC(=O)c2ccccc2F)CC1)c1ccc2ccccc2c1. The van der Waals surface area contributed by atoms with Crippen molar-refractivity contribution in [2.45, 2.75) is 25.7 Å². The van der Waals surface area contributed by atoms with Crippen LogP contribution in [-0.4, -0.2) is 24.3 Å². The minimum atomic E-state index is -0.541. The van der Waals surface area contributed by atoms with Crippen molar-refractivity contribution in [2.75, 3.05) is 6.54 Å². The highest BCUT2D eigenvalue weighted by molar-refractivity contribution is 5.99. The molecule has 3 amide bonds. The highest BCUT2D eigenvalue weighted by atomic mass is 19.1. The summed E-state index contributed by atoms with van der Waals surface area (Å²) in [5.41, 5.74) is 5.56. The Morgan fingerprint density at radius 3 is 2.24 bits per heavy atom. The molecule has 0 spiro atoms. The Kier molecular flexibility index (Phi) is 6.98. The van der Waals surface area contributed by atoms with Gasteiger partial charge in [0.05, 0.1) is 5.56 Å². The molecule has 170 valence electrons. The largest absolute Gasteiger partial charge is 0.352 e. The van der Waals surface area contributed by atoms with E-state index in [0.717, 1.165) is 23.6 Å². The monoisotopic (exact) mass is 447 g/mol. The van der Waals surface area contributed by atoms with E-state index in [1.165, 1.54) is 12.1 Å². The first-order valence-corrected chi connectivity index (χ1v) is 11.1. The minimum Gasteiger partial charge on any atom is -0.352 e. The molecule has 1 fully saturated rings. The lowest BCUT2D eigenvalue weighted by Gasteiger charge is -2.27. The van der Waals surface area contributed by atoms with Gasteiger partial charge < -0.3 is 5.32 Å². The number of nitrogens with one attached hydrogen (secondary N) is 3. The molecular weight excluding hydrogens is 421 g/mol. The zero-order valence-corrected chi connectivity index (χ0v) is 18.1. The van der Waals surface area contributed by atoms with Crippen molar-refractivity contribution in [3.05, 3.63) is 83.7 Å². The van der Waals surface area contributed by atoms with Gasteiger partial charge in [0.25, 0.3) is 11.8 Å². The van der Waals surface area contributed by atoms with Gasteiger partial charge in [-0.05, 0) is 66.6 Å². The lowest BCUT2D eigenvalue weighted by atomic mass is 9.81. The number of carbonyl (C=O) groups excluding carboxylic acids is 3. The van der Waals surface area contributed by atoms with E-state index in [-0.39, 0.29) is 29.2 Å². The number of hydrogen-bond donors (Lipinski definition) is 3. The standard InChI is InChI=1S/C26H26FN3O3/c27-23-8-4-3-7-22(23)26(33)28-16-17-9-11-19(12-10-17)24(31)29-30-25(32)21-14-13-18-5-1-2-6-20(18)15-21/h1-8,13-15,17,19H,9-12,16H2,(H,28,33)(H,29,31)(H,30,32). The van der Waals surface area contributed by atoms with E-state index in [9.17, 15) is 18.8 Å². The number of carbonyl (C=O) groups is 3. The van der Waals surface area contributed by atoms with Crippen molar-refractivity contribution in [3.8, 4) is 0 Å². The van der Waals surface area contributed by atoms with E-state index in [2.05, 4.69) is 16.2 Å². The molecule has 0 unspecified atom stereocenters. The number of rotatable bonds is 5.